The van der Waals surface area contributed by atoms with Crippen LogP contribution in [0.15, 0.2) is 24.4 Å². The number of carboxylic acids is 1. The van der Waals surface area contributed by atoms with Gasteiger partial charge in [-0.25, -0.2) is 0 Å². The molecule has 1 atom stereocenters. The topological polar surface area (TPSA) is 109 Å². The van der Waals surface area contributed by atoms with Crippen LogP contribution in [0.5, 0.6) is 0 Å². The van der Waals surface area contributed by atoms with Gasteiger partial charge in [-0.3, -0.25) is 24.2 Å². The van der Waals surface area contributed by atoms with Gasteiger partial charge in [0.05, 0.1) is 6.54 Å². The van der Waals surface area contributed by atoms with Gasteiger partial charge in [0, 0.05) is 73.5 Å². The molecule has 4 rings (SSSR count). The number of carbonyl (C=O) groups is 3. The van der Waals surface area contributed by atoms with Gasteiger partial charge in [-0.15, -0.1) is 0 Å². The highest BCUT2D eigenvalue weighted by Crippen LogP contribution is 2.31. The predicted molar refractivity (Wildman–Crippen MR) is 126 cm³/mol. The van der Waals surface area contributed by atoms with E-state index in [2.05, 4.69) is 15.2 Å². The molecule has 2 aromatic rings. The molecule has 0 saturated carbocycles. The highest BCUT2D eigenvalue weighted by Gasteiger charge is 2.33. The Labute approximate surface area is 193 Å². The number of nitrogens with one attached hydrogen (secondary N) is 2. The van der Waals surface area contributed by atoms with E-state index in [9.17, 15) is 19.5 Å². The van der Waals surface area contributed by atoms with Crippen LogP contribution in [-0.2, 0) is 14.4 Å². The second-order valence-electron chi connectivity index (χ2n) is 9.29. The third kappa shape index (κ3) is 5.20. The number of carboxylic acid groups (broad SMARTS) is 1. The zero-order valence-corrected chi connectivity index (χ0v) is 19.3. The molecule has 2 saturated heterocycles. The van der Waals surface area contributed by atoms with Crippen molar-refractivity contribution in [2.75, 3.05) is 51.1 Å². The van der Waals surface area contributed by atoms with E-state index in [1.54, 1.807) is 12.3 Å². The number of rotatable bonds is 7. The van der Waals surface area contributed by atoms with E-state index in [1.807, 2.05) is 35.8 Å². The van der Waals surface area contributed by atoms with E-state index in [-0.39, 0.29) is 17.7 Å². The van der Waals surface area contributed by atoms with Crippen LogP contribution in [0.25, 0.3) is 10.9 Å². The summed E-state index contributed by atoms with van der Waals surface area (Å²) in [5.41, 5.74) is 2.17. The molecule has 2 amide bonds. The molecule has 2 aliphatic heterocycles. The molecule has 1 aromatic carbocycles. The van der Waals surface area contributed by atoms with Crippen LogP contribution < -0.4 is 5.32 Å². The van der Waals surface area contributed by atoms with E-state index >= 15 is 0 Å². The summed E-state index contributed by atoms with van der Waals surface area (Å²) in [6.45, 7) is 8.27. The number of amides is 2. The lowest BCUT2D eigenvalue weighted by Crippen LogP contribution is -2.51. The summed E-state index contributed by atoms with van der Waals surface area (Å²) in [4.78, 5) is 45.9. The maximum absolute atomic E-state index is 12.4. The maximum atomic E-state index is 12.4. The van der Waals surface area contributed by atoms with Gasteiger partial charge in [0.2, 0.25) is 11.8 Å². The molecule has 9 nitrogen and oxygen atoms in total. The summed E-state index contributed by atoms with van der Waals surface area (Å²) >= 11 is 0. The van der Waals surface area contributed by atoms with E-state index in [0.29, 0.717) is 44.0 Å². The molecule has 1 aromatic heterocycles. The minimum absolute atomic E-state index is 0.0642. The number of hydrogen-bond donors (Lipinski definition) is 3. The Kier molecular flexibility index (Phi) is 6.99. The van der Waals surface area contributed by atoms with Gasteiger partial charge < -0.3 is 20.3 Å². The zero-order valence-electron chi connectivity index (χ0n) is 19.3. The Balaban J connectivity index is 1.44. The average molecular weight is 456 g/mol. The fourth-order valence-corrected chi connectivity index (χ4v) is 4.66. The van der Waals surface area contributed by atoms with Crippen molar-refractivity contribution in [1.29, 1.82) is 0 Å². The lowest BCUT2D eigenvalue weighted by atomic mass is 10.0. The van der Waals surface area contributed by atoms with E-state index in [4.69, 9.17) is 0 Å². The second kappa shape index (κ2) is 9.93. The van der Waals surface area contributed by atoms with Crippen LogP contribution in [0, 0.1) is 5.92 Å². The molecule has 3 heterocycles. The quantitative estimate of drug-likeness (QED) is 0.590. The van der Waals surface area contributed by atoms with Crippen LogP contribution in [0.2, 0.25) is 0 Å². The minimum atomic E-state index is -0.894. The summed E-state index contributed by atoms with van der Waals surface area (Å²) in [7, 11) is 0. The largest absolute Gasteiger partial charge is 0.480 e. The molecule has 2 fully saturated rings. The number of fused-ring (bicyclic) bond motifs is 1. The third-order valence-electron chi connectivity index (χ3n) is 6.62. The lowest BCUT2D eigenvalue weighted by Gasteiger charge is -2.37. The van der Waals surface area contributed by atoms with E-state index in [0.717, 1.165) is 36.8 Å². The van der Waals surface area contributed by atoms with Crippen LogP contribution in [0.1, 0.15) is 38.3 Å². The number of anilines is 1. The van der Waals surface area contributed by atoms with Crippen molar-refractivity contribution in [2.45, 2.75) is 32.7 Å². The van der Waals surface area contributed by atoms with Crippen molar-refractivity contribution >= 4 is 34.4 Å². The first-order valence-electron chi connectivity index (χ1n) is 11.7. The zero-order chi connectivity index (χ0) is 23.5. The summed E-state index contributed by atoms with van der Waals surface area (Å²) in [5.74, 6) is -0.909. The van der Waals surface area contributed by atoms with Gasteiger partial charge in [0.1, 0.15) is 6.04 Å². The number of nitrogens with zero attached hydrogens (tertiary/aromatic N) is 3. The lowest BCUT2D eigenvalue weighted by molar-refractivity contribution is -0.145. The third-order valence-corrected chi connectivity index (χ3v) is 6.62. The fraction of sp³-hybridized carbons (Fsp3) is 0.542. The molecule has 3 N–H and O–H groups in total. The highest BCUT2D eigenvalue weighted by molar-refractivity contribution is 5.96. The molecular formula is C24H33N5O4. The Morgan fingerprint density at radius 1 is 1.06 bits per heavy atom. The van der Waals surface area contributed by atoms with Crippen LogP contribution >= 0.6 is 0 Å². The van der Waals surface area contributed by atoms with Gasteiger partial charge >= 0.3 is 5.97 Å². The van der Waals surface area contributed by atoms with E-state index < -0.39 is 12.0 Å². The number of carbonyl (C=O) groups excluding carboxylic acids is 2. The van der Waals surface area contributed by atoms with Gasteiger partial charge in [-0.2, -0.15) is 0 Å². The number of hydrogen-bond acceptors (Lipinski definition) is 5. The molecular weight excluding hydrogens is 422 g/mol. The Morgan fingerprint density at radius 2 is 1.76 bits per heavy atom. The molecule has 0 aliphatic carbocycles. The Hall–Kier alpha value is -2.91. The standard InChI is InChI=1S/C24H33N5O4/c1-16(2)23(31)26-17-5-6-18-19(14-25-20(18)13-17)22(24(32)33)29-11-9-27(10-12-29)15-21(30)28-7-3-4-8-28/h5-6,13-14,16,22,25H,3-4,7-12,15H2,1-2H3,(H,26,31)(H,32,33). The SMILES string of the molecule is CC(C)C(=O)Nc1ccc2c(C(C(=O)O)N3CCN(CC(=O)N4CCCC4)CC3)c[nH]c2c1. The van der Waals surface area contributed by atoms with Crippen molar-refractivity contribution in [3.63, 3.8) is 0 Å². The first-order valence-corrected chi connectivity index (χ1v) is 11.7. The first-order chi connectivity index (χ1) is 15.8. The van der Waals surface area contributed by atoms with Crippen LogP contribution in [0.3, 0.4) is 0 Å². The number of aliphatic carboxylic acids is 1. The molecule has 1 unspecified atom stereocenters. The number of H-pyrrole nitrogens is 1. The summed E-state index contributed by atoms with van der Waals surface area (Å²) in [5, 5.41) is 13.8. The van der Waals surface area contributed by atoms with Crippen molar-refractivity contribution in [2.24, 2.45) is 5.92 Å². The summed E-state index contributed by atoms with van der Waals surface area (Å²) in [6.07, 6.45) is 3.91. The minimum Gasteiger partial charge on any atom is -0.480 e. The van der Waals surface area contributed by atoms with Crippen LogP contribution in [-0.4, -0.2) is 88.4 Å². The normalized spacial score (nSPS) is 18.7. The van der Waals surface area contributed by atoms with Crippen LogP contribution in [0.4, 0.5) is 5.69 Å². The van der Waals surface area contributed by atoms with E-state index in [1.165, 1.54) is 0 Å². The number of aromatic nitrogens is 1. The average Bonchev–Trinajstić information content (AvgIpc) is 3.45. The van der Waals surface area contributed by atoms with Crippen molar-refractivity contribution in [3.05, 3.63) is 30.0 Å². The molecule has 33 heavy (non-hydrogen) atoms. The summed E-state index contributed by atoms with van der Waals surface area (Å²) < 4.78 is 0. The predicted octanol–water partition coefficient (Wildman–Crippen LogP) is 2.13. The van der Waals surface area contributed by atoms with Gasteiger partial charge in [0.25, 0.3) is 0 Å². The van der Waals surface area contributed by atoms with Crippen molar-refractivity contribution in [3.8, 4) is 0 Å². The van der Waals surface area contributed by atoms with Gasteiger partial charge in [-0.05, 0) is 25.0 Å². The van der Waals surface area contributed by atoms with Crippen molar-refractivity contribution < 1.29 is 19.5 Å². The fourth-order valence-electron chi connectivity index (χ4n) is 4.66. The monoisotopic (exact) mass is 455 g/mol. The second-order valence-corrected chi connectivity index (χ2v) is 9.29. The molecule has 9 heteroatoms. The van der Waals surface area contributed by atoms with Gasteiger partial charge in [-0.1, -0.05) is 19.9 Å². The molecule has 2 aliphatic rings. The van der Waals surface area contributed by atoms with Crippen molar-refractivity contribution in [1.82, 2.24) is 19.7 Å². The molecule has 0 bridgehead atoms. The molecule has 0 spiro atoms. The number of piperazine rings is 1. The smallest absolute Gasteiger partial charge is 0.325 e. The molecule has 0 radical (unpaired) electrons. The Bertz CT molecular complexity index is 1020. The first kappa shape index (κ1) is 23.3. The maximum Gasteiger partial charge on any atom is 0.325 e. The summed E-state index contributed by atoms with van der Waals surface area (Å²) in [6, 6.07) is 4.73. The number of likely N-dealkylation sites (tertiary alicyclic amines) is 1. The Morgan fingerprint density at radius 3 is 2.39 bits per heavy atom. The highest BCUT2D eigenvalue weighted by atomic mass is 16.4. The number of aromatic amines is 1. The molecule has 178 valence electrons. The number of benzene rings is 1. The van der Waals surface area contributed by atoms with Gasteiger partial charge in [0.15, 0.2) is 0 Å².